The average molecular weight is 326 g/mol. The molecule has 0 radical (unpaired) electrons. The summed E-state index contributed by atoms with van der Waals surface area (Å²) in [6, 6.07) is 6.25. The molecule has 0 bridgehead atoms. The first-order chi connectivity index (χ1) is 10.3. The van der Waals surface area contributed by atoms with E-state index < -0.39 is 10.0 Å². The second kappa shape index (κ2) is 6.76. The topological polar surface area (TPSA) is 93.7 Å². The van der Waals surface area contributed by atoms with Crippen LogP contribution in [-0.2, 0) is 14.8 Å². The second-order valence-corrected chi connectivity index (χ2v) is 7.56. The van der Waals surface area contributed by atoms with Crippen LogP contribution in [0.2, 0.25) is 0 Å². The molecule has 2 rings (SSSR count). The summed E-state index contributed by atoms with van der Waals surface area (Å²) in [4.78, 5) is 13.7. The highest BCUT2D eigenvalue weighted by Gasteiger charge is 2.31. The van der Waals surface area contributed by atoms with Crippen LogP contribution in [0.3, 0.4) is 0 Å². The van der Waals surface area contributed by atoms with Crippen molar-refractivity contribution in [1.82, 2.24) is 0 Å². The monoisotopic (exact) mass is 326 g/mol. The predicted molar refractivity (Wildman–Crippen MR) is 85.0 cm³/mol. The summed E-state index contributed by atoms with van der Waals surface area (Å²) in [5.74, 6) is -0.0490. The lowest BCUT2D eigenvalue weighted by molar-refractivity contribution is -0.941. The molecule has 22 heavy (non-hydrogen) atoms. The first-order valence-electron chi connectivity index (χ1n) is 7.58. The second-order valence-electron chi connectivity index (χ2n) is 6.00. The van der Waals surface area contributed by atoms with E-state index in [1.165, 1.54) is 23.5 Å². The van der Waals surface area contributed by atoms with Gasteiger partial charge in [0.15, 0.2) is 6.04 Å². The molecule has 4 N–H and O–H groups in total. The molecule has 1 aromatic carbocycles. The Morgan fingerprint density at radius 3 is 2.50 bits per heavy atom. The van der Waals surface area contributed by atoms with E-state index in [4.69, 9.17) is 5.14 Å². The Kier molecular flexibility index (Phi) is 5.20. The number of piperidine rings is 1. The van der Waals surface area contributed by atoms with Crippen molar-refractivity contribution >= 4 is 21.6 Å². The molecule has 3 atom stereocenters. The van der Waals surface area contributed by atoms with E-state index in [0.717, 1.165) is 19.4 Å². The van der Waals surface area contributed by atoms with E-state index in [-0.39, 0.29) is 16.8 Å². The van der Waals surface area contributed by atoms with E-state index in [0.29, 0.717) is 11.7 Å². The molecule has 0 saturated carbocycles. The molecule has 1 amide bonds. The minimum absolute atomic E-state index is 0.0359. The summed E-state index contributed by atoms with van der Waals surface area (Å²) < 4.78 is 22.4. The first-order valence-corrected chi connectivity index (χ1v) is 9.13. The number of benzene rings is 1. The summed E-state index contributed by atoms with van der Waals surface area (Å²) in [7, 11) is -3.71. The third-order valence-electron chi connectivity index (χ3n) is 4.39. The summed E-state index contributed by atoms with van der Waals surface area (Å²) in [5, 5.41) is 7.89. The summed E-state index contributed by atoms with van der Waals surface area (Å²) in [6.45, 7) is 5.13. The van der Waals surface area contributed by atoms with Crippen LogP contribution >= 0.6 is 0 Å². The van der Waals surface area contributed by atoms with Crippen molar-refractivity contribution in [1.29, 1.82) is 0 Å². The molecule has 1 aromatic rings. The molecule has 6 nitrogen and oxygen atoms in total. The molecular weight excluding hydrogens is 302 g/mol. The fourth-order valence-electron chi connectivity index (χ4n) is 3.00. The molecule has 122 valence electrons. The Bertz CT molecular complexity index is 628. The van der Waals surface area contributed by atoms with E-state index in [1.54, 1.807) is 12.1 Å². The van der Waals surface area contributed by atoms with Crippen LogP contribution in [0, 0.1) is 0 Å². The molecule has 0 spiro atoms. The molecule has 0 aromatic heterocycles. The van der Waals surface area contributed by atoms with Gasteiger partial charge in [-0.2, -0.15) is 0 Å². The van der Waals surface area contributed by atoms with Crippen molar-refractivity contribution in [3.8, 4) is 0 Å². The van der Waals surface area contributed by atoms with Gasteiger partial charge >= 0.3 is 0 Å². The van der Waals surface area contributed by atoms with Gasteiger partial charge in [-0.05, 0) is 57.4 Å². The van der Waals surface area contributed by atoms with Crippen molar-refractivity contribution in [2.24, 2.45) is 5.14 Å². The van der Waals surface area contributed by atoms with Crippen molar-refractivity contribution in [2.45, 2.75) is 50.1 Å². The molecule has 1 heterocycles. The van der Waals surface area contributed by atoms with Crippen LogP contribution in [0.15, 0.2) is 29.2 Å². The largest absolute Gasteiger partial charge is 0.323 e. The zero-order chi connectivity index (χ0) is 16.3. The van der Waals surface area contributed by atoms with Gasteiger partial charge in [-0.15, -0.1) is 0 Å². The maximum absolute atomic E-state index is 12.4. The Hall–Kier alpha value is -1.44. The van der Waals surface area contributed by atoms with Crippen molar-refractivity contribution < 1.29 is 18.1 Å². The number of rotatable bonds is 4. The molecule has 1 saturated heterocycles. The van der Waals surface area contributed by atoms with Crippen LogP contribution in [-0.4, -0.2) is 33.0 Å². The lowest BCUT2D eigenvalue weighted by Gasteiger charge is -2.34. The van der Waals surface area contributed by atoms with Crippen molar-refractivity contribution in [2.75, 3.05) is 11.9 Å². The summed E-state index contributed by atoms with van der Waals surface area (Å²) in [6.07, 6.45) is 3.53. The highest BCUT2D eigenvalue weighted by molar-refractivity contribution is 7.89. The molecule has 0 aliphatic carbocycles. The van der Waals surface area contributed by atoms with Crippen molar-refractivity contribution in [3.05, 3.63) is 24.3 Å². The SMILES string of the molecule is C[C@@H]1CCCC[NH+]1[C@H](C)C(=O)Nc1ccc(S(N)(=O)=O)cc1. The van der Waals surface area contributed by atoms with Gasteiger partial charge in [-0.3, -0.25) is 4.79 Å². The number of quaternary nitrogens is 1. The minimum Gasteiger partial charge on any atom is -0.323 e. The van der Waals surface area contributed by atoms with Crippen molar-refractivity contribution in [3.63, 3.8) is 0 Å². The Labute approximate surface area is 131 Å². The Balaban J connectivity index is 2.02. The predicted octanol–water partition coefficient (Wildman–Crippen LogP) is 0.118. The number of primary sulfonamides is 1. The fourth-order valence-corrected chi connectivity index (χ4v) is 3.52. The van der Waals surface area contributed by atoms with Gasteiger partial charge in [-0.25, -0.2) is 13.6 Å². The number of carbonyl (C=O) groups is 1. The van der Waals surface area contributed by atoms with E-state index in [1.807, 2.05) is 6.92 Å². The summed E-state index contributed by atoms with van der Waals surface area (Å²) >= 11 is 0. The average Bonchev–Trinajstić information content (AvgIpc) is 2.46. The zero-order valence-electron chi connectivity index (χ0n) is 13.0. The fraction of sp³-hybridized carbons (Fsp3) is 0.533. The molecule has 1 unspecified atom stereocenters. The third-order valence-corrected chi connectivity index (χ3v) is 5.31. The zero-order valence-corrected chi connectivity index (χ0v) is 13.8. The number of amides is 1. The number of anilines is 1. The normalized spacial score (nSPS) is 23.8. The lowest BCUT2D eigenvalue weighted by Crippen LogP contribution is -3.20. The smallest absolute Gasteiger partial charge is 0.282 e. The van der Waals surface area contributed by atoms with Crippen LogP contribution < -0.4 is 15.4 Å². The van der Waals surface area contributed by atoms with Gasteiger partial charge in [0, 0.05) is 5.69 Å². The molecule has 7 heteroatoms. The molecule has 1 aliphatic heterocycles. The number of hydrogen-bond donors (Lipinski definition) is 3. The number of likely N-dealkylation sites (tertiary alicyclic amines) is 1. The quantitative estimate of drug-likeness (QED) is 0.733. The van der Waals surface area contributed by atoms with E-state index in [2.05, 4.69) is 12.2 Å². The number of carbonyl (C=O) groups excluding carboxylic acids is 1. The Morgan fingerprint density at radius 2 is 1.95 bits per heavy atom. The minimum atomic E-state index is -3.71. The Morgan fingerprint density at radius 1 is 1.32 bits per heavy atom. The lowest BCUT2D eigenvalue weighted by atomic mass is 10.0. The van der Waals surface area contributed by atoms with Gasteiger partial charge in [-0.1, -0.05) is 0 Å². The maximum atomic E-state index is 12.4. The highest BCUT2D eigenvalue weighted by Crippen LogP contribution is 2.13. The van der Waals surface area contributed by atoms with E-state index >= 15 is 0 Å². The van der Waals surface area contributed by atoms with E-state index in [9.17, 15) is 13.2 Å². The van der Waals surface area contributed by atoms with Gasteiger partial charge in [0.1, 0.15) is 0 Å². The van der Waals surface area contributed by atoms with Gasteiger partial charge in [0.05, 0.1) is 17.5 Å². The highest BCUT2D eigenvalue weighted by atomic mass is 32.2. The maximum Gasteiger partial charge on any atom is 0.282 e. The van der Waals surface area contributed by atoms with Gasteiger partial charge in [0.2, 0.25) is 10.0 Å². The van der Waals surface area contributed by atoms with Crippen LogP contribution in [0.5, 0.6) is 0 Å². The third kappa shape index (κ3) is 4.06. The number of nitrogens with two attached hydrogens (primary N) is 1. The summed E-state index contributed by atoms with van der Waals surface area (Å²) in [5.41, 5.74) is 0.577. The standard InChI is InChI=1S/C15H23N3O3S/c1-11-5-3-4-10-18(11)12(2)15(19)17-13-6-8-14(9-7-13)22(16,20)21/h6-9,11-12H,3-5,10H2,1-2H3,(H,17,19)(H2,16,20,21)/p+1/t11-,12-/m1/s1. The number of sulfonamides is 1. The van der Waals surface area contributed by atoms with Crippen LogP contribution in [0.4, 0.5) is 5.69 Å². The first kappa shape index (κ1) is 16.9. The number of nitrogens with one attached hydrogen (secondary N) is 2. The number of hydrogen-bond acceptors (Lipinski definition) is 3. The molecule has 1 fully saturated rings. The molecular formula is C15H24N3O3S+. The van der Waals surface area contributed by atoms with Crippen LogP contribution in [0.25, 0.3) is 0 Å². The molecule has 1 aliphatic rings. The van der Waals surface area contributed by atoms with Gasteiger partial charge < -0.3 is 10.2 Å². The van der Waals surface area contributed by atoms with Crippen LogP contribution in [0.1, 0.15) is 33.1 Å². The van der Waals surface area contributed by atoms with Gasteiger partial charge in [0.25, 0.3) is 5.91 Å².